The quantitative estimate of drug-likeness (QED) is 0.858. The van der Waals surface area contributed by atoms with Crippen LogP contribution in [-0.2, 0) is 9.53 Å². The molecule has 5 rings (SSSR count). The zero-order valence-electron chi connectivity index (χ0n) is 16.3. The Morgan fingerprint density at radius 3 is 2.66 bits per heavy atom. The van der Waals surface area contributed by atoms with E-state index in [-0.39, 0.29) is 24.4 Å². The predicted octanol–water partition coefficient (Wildman–Crippen LogP) is 3.14. The molecule has 1 aromatic carbocycles. The molecule has 2 amide bonds. The third-order valence-corrected chi connectivity index (χ3v) is 5.94. The molecule has 2 fully saturated rings. The Kier molecular flexibility index (Phi) is 4.31. The number of rotatable bonds is 4. The lowest BCUT2D eigenvalue weighted by molar-refractivity contribution is -0.124. The maximum Gasteiger partial charge on any atom is 0.411 e. The lowest BCUT2D eigenvalue weighted by atomic mass is 9.99. The standard InChI is InChI=1S/C21H24N4O4/c1-13-9-23(21(27)28)19-7-15(16-8-22-24(10-16)17-3-4-17)2-5-18(19)25(13)20(26)6-14-11-29-12-14/h2,5,7-8,10,13-14,17H,3-4,6,9,11-12H2,1H3,(H,27,28)/t13-/m0/s1. The normalized spacial score (nSPS) is 21.6. The molecule has 3 aliphatic rings. The van der Waals surface area contributed by atoms with Gasteiger partial charge < -0.3 is 14.7 Å². The van der Waals surface area contributed by atoms with E-state index in [1.807, 2.05) is 42.2 Å². The van der Waals surface area contributed by atoms with Crippen molar-refractivity contribution in [2.24, 2.45) is 5.92 Å². The van der Waals surface area contributed by atoms with Gasteiger partial charge in [-0.05, 0) is 37.5 Å². The summed E-state index contributed by atoms with van der Waals surface area (Å²) in [5.74, 6) is 0.273. The summed E-state index contributed by atoms with van der Waals surface area (Å²) in [7, 11) is 0. The van der Waals surface area contributed by atoms with E-state index in [9.17, 15) is 14.7 Å². The van der Waals surface area contributed by atoms with E-state index in [1.54, 1.807) is 4.90 Å². The number of carbonyl (C=O) groups excluding carboxylic acids is 1. The molecule has 2 aromatic rings. The van der Waals surface area contributed by atoms with E-state index in [1.165, 1.54) is 4.90 Å². The average molecular weight is 396 g/mol. The van der Waals surface area contributed by atoms with Crippen LogP contribution in [0, 0.1) is 5.92 Å². The number of nitrogens with zero attached hydrogens (tertiary/aromatic N) is 4. The number of hydrogen-bond donors (Lipinski definition) is 1. The molecule has 1 atom stereocenters. The van der Waals surface area contributed by atoms with Crippen molar-refractivity contribution in [1.82, 2.24) is 9.78 Å². The van der Waals surface area contributed by atoms with Gasteiger partial charge in [0.25, 0.3) is 0 Å². The van der Waals surface area contributed by atoms with Gasteiger partial charge in [0.05, 0.1) is 42.9 Å². The fourth-order valence-electron chi connectivity index (χ4n) is 4.14. The number of amides is 2. The molecule has 1 saturated heterocycles. The van der Waals surface area contributed by atoms with Crippen LogP contribution in [-0.4, -0.2) is 52.7 Å². The van der Waals surface area contributed by atoms with Crippen LogP contribution in [0.5, 0.6) is 0 Å². The van der Waals surface area contributed by atoms with Gasteiger partial charge in [-0.3, -0.25) is 14.4 Å². The second-order valence-corrected chi connectivity index (χ2v) is 8.26. The Morgan fingerprint density at radius 2 is 2.00 bits per heavy atom. The minimum absolute atomic E-state index is 0.0198. The van der Waals surface area contributed by atoms with Crippen LogP contribution in [0.15, 0.2) is 30.6 Å². The second kappa shape index (κ2) is 6.88. The first-order valence-corrected chi connectivity index (χ1v) is 10.1. The van der Waals surface area contributed by atoms with Crippen molar-refractivity contribution in [2.75, 3.05) is 29.6 Å². The number of ether oxygens (including phenoxy) is 1. The van der Waals surface area contributed by atoms with E-state index >= 15 is 0 Å². The van der Waals surface area contributed by atoms with Crippen LogP contribution in [0.4, 0.5) is 16.2 Å². The van der Waals surface area contributed by atoms with Crippen molar-refractivity contribution < 1.29 is 19.4 Å². The van der Waals surface area contributed by atoms with E-state index in [0.29, 0.717) is 37.1 Å². The number of benzene rings is 1. The highest BCUT2D eigenvalue weighted by molar-refractivity contribution is 6.03. The monoisotopic (exact) mass is 396 g/mol. The highest BCUT2D eigenvalue weighted by Gasteiger charge is 2.36. The van der Waals surface area contributed by atoms with Gasteiger partial charge in [0, 0.05) is 30.6 Å². The van der Waals surface area contributed by atoms with Crippen molar-refractivity contribution in [1.29, 1.82) is 0 Å². The molecule has 8 nitrogen and oxygen atoms in total. The maximum absolute atomic E-state index is 13.0. The van der Waals surface area contributed by atoms with E-state index in [4.69, 9.17) is 4.74 Å². The zero-order chi connectivity index (χ0) is 20.1. The third kappa shape index (κ3) is 3.27. The van der Waals surface area contributed by atoms with E-state index in [0.717, 1.165) is 24.0 Å². The van der Waals surface area contributed by atoms with Gasteiger partial charge in [-0.1, -0.05) is 6.07 Å². The molecule has 1 saturated carbocycles. The van der Waals surface area contributed by atoms with Gasteiger partial charge in [-0.25, -0.2) is 4.79 Å². The summed E-state index contributed by atoms with van der Waals surface area (Å²) in [5, 5.41) is 14.2. The molecular weight excluding hydrogens is 372 g/mol. The molecule has 152 valence electrons. The molecule has 0 unspecified atom stereocenters. The molecular formula is C21H24N4O4. The van der Waals surface area contributed by atoms with Crippen LogP contribution < -0.4 is 9.80 Å². The van der Waals surface area contributed by atoms with Crippen molar-refractivity contribution in [2.45, 2.75) is 38.3 Å². The SMILES string of the molecule is C[C@H]1CN(C(=O)O)c2cc(-c3cnn(C4CC4)c3)ccc2N1C(=O)CC1COC1. The van der Waals surface area contributed by atoms with Crippen LogP contribution in [0.1, 0.15) is 32.2 Å². The number of carboxylic acid groups (broad SMARTS) is 1. The van der Waals surface area contributed by atoms with Gasteiger partial charge in [-0.15, -0.1) is 0 Å². The number of anilines is 2. The summed E-state index contributed by atoms with van der Waals surface area (Å²) in [6, 6.07) is 5.92. The van der Waals surface area contributed by atoms with Crippen molar-refractivity contribution >= 4 is 23.4 Å². The first-order chi connectivity index (χ1) is 14.0. The first-order valence-electron chi connectivity index (χ1n) is 10.1. The molecule has 29 heavy (non-hydrogen) atoms. The molecule has 2 aliphatic heterocycles. The van der Waals surface area contributed by atoms with Crippen LogP contribution in [0.3, 0.4) is 0 Å². The lowest BCUT2D eigenvalue weighted by Gasteiger charge is -2.41. The summed E-state index contributed by atoms with van der Waals surface area (Å²) in [4.78, 5) is 28.0. The second-order valence-electron chi connectivity index (χ2n) is 8.26. The van der Waals surface area contributed by atoms with Crippen LogP contribution >= 0.6 is 0 Å². The fraction of sp³-hybridized carbons (Fsp3) is 0.476. The van der Waals surface area contributed by atoms with Crippen molar-refractivity contribution in [3.63, 3.8) is 0 Å². The summed E-state index contributed by atoms with van der Waals surface area (Å²) >= 11 is 0. The minimum Gasteiger partial charge on any atom is -0.465 e. The van der Waals surface area contributed by atoms with Crippen LogP contribution in [0.2, 0.25) is 0 Å². The maximum atomic E-state index is 13.0. The zero-order valence-corrected chi connectivity index (χ0v) is 16.3. The smallest absolute Gasteiger partial charge is 0.411 e. The third-order valence-electron chi connectivity index (χ3n) is 5.94. The van der Waals surface area contributed by atoms with Crippen molar-refractivity contribution in [3.8, 4) is 11.1 Å². The molecule has 1 aliphatic carbocycles. The Labute approximate surface area is 168 Å². The number of carbonyl (C=O) groups is 2. The molecule has 1 aromatic heterocycles. The lowest BCUT2D eigenvalue weighted by Crippen LogP contribution is -2.52. The largest absolute Gasteiger partial charge is 0.465 e. The Morgan fingerprint density at radius 1 is 1.21 bits per heavy atom. The van der Waals surface area contributed by atoms with Crippen LogP contribution in [0.25, 0.3) is 11.1 Å². The molecule has 1 N–H and O–H groups in total. The fourth-order valence-corrected chi connectivity index (χ4v) is 4.14. The summed E-state index contributed by atoms with van der Waals surface area (Å²) in [5.41, 5.74) is 3.05. The van der Waals surface area contributed by atoms with Gasteiger partial charge in [0.2, 0.25) is 5.91 Å². The highest BCUT2D eigenvalue weighted by atomic mass is 16.5. The molecule has 3 heterocycles. The Bertz CT molecular complexity index is 963. The number of aromatic nitrogens is 2. The first kappa shape index (κ1) is 18.2. The molecule has 0 spiro atoms. The number of fused-ring (bicyclic) bond motifs is 1. The highest BCUT2D eigenvalue weighted by Crippen LogP contribution is 2.40. The molecule has 0 bridgehead atoms. The summed E-state index contributed by atoms with van der Waals surface area (Å²) < 4.78 is 7.17. The Hall–Kier alpha value is -2.87. The van der Waals surface area contributed by atoms with Gasteiger partial charge in [-0.2, -0.15) is 5.10 Å². The number of hydrogen-bond acceptors (Lipinski definition) is 4. The summed E-state index contributed by atoms with van der Waals surface area (Å²) in [6.07, 6.45) is 5.54. The van der Waals surface area contributed by atoms with E-state index in [2.05, 4.69) is 5.10 Å². The topological polar surface area (TPSA) is 87.9 Å². The minimum atomic E-state index is -1.01. The summed E-state index contributed by atoms with van der Waals surface area (Å²) in [6.45, 7) is 3.37. The molecule has 8 heteroatoms. The van der Waals surface area contributed by atoms with Gasteiger partial charge in [0.15, 0.2) is 0 Å². The predicted molar refractivity (Wildman–Crippen MR) is 107 cm³/mol. The Balaban J connectivity index is 1.50. The van der Waals surface area contributed by atoms with Gasteiger partial charge in [0.1, 0.15) is 0 Å². The van der Waals surface area contributed by atoms with E-state index < -0.39 is 6.09 Å². The van der Waals surface area contributed by atoms with Gasteiger partial charge >= 0.3 is 6.09 Å². The average Bonchev–Trinajstić information content (AvgIpc) is 3.40. The molecule has 0 radical (unpaired) electrons. The van der Waals surface area contributed by atoms with Crippen molar-refractivity contribution in [3.05, 3.63) is 30.6 Å².